The number of nitrogens with one attached hydrogen (secondary N) is 1. The Kier molecular flexibility index (Phi) is 6.44. The highest BCUT2D eigenvalue weighted by Crippen LogP contribution is 2.21. The quantitative estimate of drug-likeness (QED) is 0.612. The van der Waals surface area contributed by atoms with Crippen LogP contribution >= 0.6 is 11.3 Å². The molecule has 0 aliphatic rings. The van der Waals surface area contributed by atoms with Gasteiger partial charge in [-0.1, -0.05) is 0 Å². The van der Waals surface area contributed by atoms with E-state index in [0.717, 1.165) is 10.6 Å². The summed E-state index contributed by atoms with van der Waals surface area (Å²) < 4.78 is 9.78. The first-order valence-corrected chi connectivity index (χ1v) is 7.32. The van der Waals surface area contributed by atoms with Crippen LogP contribution in [0.5, 0.6) is 0 Å². The minimum absolute atomic E-state index is 0.115. The molecule has 112 valence electrons. The number of hydrogen-bond acceptors (Lipinski definition) is 7. The third-order valence-corrected chi connectivity index (χ3v) is 3.66. The Balaban J connectivity index is 2.68. The zero-order valence-electron chi connectivity index (χ0n) is 12.2. The van der Waals surface area contributed by atoms with Crippen molar-refractivity contribution >= 4 is 28.4 Å². The largest absolute Gasteiger partial charge is 0.465 e. The molecule has 1 aromatic heterocycles. The van der Waals surface area contributed by atoms with Gasteiger partial charge in [-0.15, -0.1) is 11.3 Å². The van der Waals surface area contributed by atoms with E-state index < -0.39 is 17.9 Å². The normalized spacial score (nSPS) is 10.4. The summed E-state index contributed by atoms with van der Waals surface area (Å²) in [5.74, 6) is -2.13. The maximum Gasteiger partial charge on any atom is 0.322 e. The van der Waals surface area contributed by atoms with Crippen LogP contribution in [0.4, 0.5) is 5.13 Å². The lowest BCUT2D eigenvalue weighted by Crippen LogP contribution is -2.33. The predicted octanol–water partition coefficient (Wildman–Crippen LogP) is 1.91. The maximum absolute atomic E-state index is 11.8. The summed E-state index contributed by atoms with van der Waals surface area (Å²) in [4.78, 5) is 28.9. The summed E-state index contributed by atoms with van der Waals surface area (Å²) in [6.45, 7) is 7.83. The predicted molar refractivity (Wildman–Crippen MR) is 76.8 cm³/mol. The van der Waals surface area contributed by atoms with Crippen molar-refractivity contribution in [3.8, 4) is 0 Å². The van der Waals surface area contributed by atoms with Crippen LogP contribution in [0.1, 0.15) is 24.4 Å². The molecule has 1 aromatic rings. The molecule has 0 aromatic carbocycles. The van der Waals surface area contributed by atoms with E-state index in [0.29, 0.717) is 5.13 Å². The van der Waals surface area contributed by atoms with Gasteiger partial charge < -0.3 is 14.8 Å². The lowest BCUT2D eigenvalue weighted by molar-refractivity contribution is -0.160. The Labute approximate surface area is 122 Å². The monoisotopic (exact) mass is 300 g/mol. The highest BCUT2D eigenvalue weighted by atomic mass is 32.1. The zero-order chi connectivity index (χ0) is 15.1. The molecule has 20 heavy (non-hydrogen) atoms. The van der Waals surface area contributed by atoms with Crippen LogP contribution in [-0.2, 0) is 19.1 Å². The first-order chi connectivity index (χ1) is 9.49. The number of nitrogens with zero attached hydrogens (tertiary/aromatic N) is 1. The minimum Gasteiger partial charge on any atom is -0.465 e. The third kappa shape index (κ3) is 4.48. The maximum atomic E-state index is 11.8. The fourth-order valence-corrected chi connectivity index (χ4v) is 2.31. The number of anilines is 1. The number of carbonyl (C=O) groups excluding carboxylic acids is 2. The van der Waals surface area contributed by atoms with Gasteiger partial charge in [0.15, 0.2) is 11.0 Å². The number of carbonyl (C=O) groups is 2. The second kappa shape index (κ2) is 7.84. The summed E-state index contributed by atoms with van der Waals surface area (Å²) in [5, 5.41) is 3.67. The number of aryl methyl sites for hydroxylation is 2. The van der Waals surface area contributed by atoms with Crippen molar-refractivity contribution in [2.24, 2.45) is 5.92 Å². The summed E-state index contributed by atoms with van der Waals surface area (Å²) in [5.41, 5.74) is 0.932. The summed E-state index contributed by atoms with van der Waals surface area (Å²) in [6, 6.07) is 0. The van der Waals surface area contributed by atoms with E-state index in [4.69, 9.17) is 9.47 Å². The molecular weight excluding hydrogens is 280 g/mol. The smallest absolute Gasteiger partial charge is 0.322 e. The average Bonchev–Trinajstić information content (AvgIpc) is 2.69. The van der Waals surface area contributed by atoms with Crippen LogP contribution < -0.4 is 5.32 Å². The van der Waals surface area contributed by atoms with Crippen molar-refractivity contribution in [1.82, 2.24) is 4.98 Å². The van der Waals surface area contributed by atoms with Gasteiger partial charge in [-0.2, -0.15) is 0 Å². The van der Waals surface area contributed by atoms with Crippen LogP contribution in [0.2, 0.25) is 0 Å². The third-order valence-electron chi connectivity index (χ3n) is 2.63. The SMILES string of the molecule is CCOC(=O)C(CNc1nc(C)c(C)s1)C(=O)OCC. The number of rotatable bonds is 7. The molecule has 0 radical (unpaired) electrons. The van der Waals surface area contributed by atoms with Crippen molar-refractivity contribution < 1.29 is 19.1 Å². The molecule has 0 spiro atoms. The summed E-state index contributed by atoms with van der Waals surface area (Å²) in [7, 11) is 0. The Morgan fingerprint density at radius 2 is 1.75 bits per heavy atom. The molecule has 1 heterocycles. The molecule has 0 fully saturated rings. The number of aromatic nitrogens is 1. The van der Waals surface area contributed by atoms with Crippen LogP contribution in [-0.4, -0.2) is 36.7 Å². The molecule has 0 bridgehead atoms. The second-order valence-corrected chi connectivity index (χ2v) is 5.30. The molecule has 0 aliphatic heterocycles. The topological polar surface area (TPSA) is 77.5 Å². The van der Waals surface area contributed by atoms with Gasteiger partial charge in [0, 0.05) is 11.4 Å². The zero-order valence-corrected chi connectivity index (χ0v) is 13.0. The van der Waals surface area contributed by atoms with Crippen LogP contribution in [0, 0.1) is 19.8 Å². The lowest BCUT2D eigenvalue weighted by atomic mass is 10.1. The van der Waals surface area contributed by atoms with E-state index in [1.54, 1.807) is 13.8 Å². The van der Waals surface area contributed by atoms with E-state index >= 15 is 0 Å². The first kappa shape index (κ1) is 16.4. The van der Waals surface area contributed by atoms with Gasteiger partial charge in [0.25, 0.3) is 0 Å². The van der Waals surface area contributed by atoms with Gasteiger partial charge in [0.2, 0.25) is 0 Å². The summed E-state index contributed by atoms with van der Waals surface area (Å²) >= 11 is 1.48. The van der Waals surface area contributed by atoms with Crippen LogP contribution in [0.3, 0.4) is 0 Å². The average molecular weight is 300 g/mol. The van der Waals surface area contributed by atoms with E-state index in [2.05, 4.69) is 10.3 Å². The van der Waals surface area contributed by atoms with E-state index in [9.17, 15) is 9.59 Å². The molecule has 0 saturated heterocycles. The molecular formula is C13H20N2O4S. The summed E-state index contributed by atoms with van der Waals surface area (Å²) in [6.07, 6.45) is 0. The van der Waals surface area contributed by atoms with Crippen molar-refractivity contribution in [2.45, 2.75) is 27.7 Å². The second-order valence-electron chi connectivity index (χ2n) is 4.10. The lowest BCUT2D eigenvalue weighted by Gasteiger charge is -2.14. The number of thiazole rings is 1. The van der Waals surface area contributed by atoms with Crippen LogP contribution in [0.15, 0.2) is 0 Å². The molecule has 1 N–H and O–H groups in total. The standard InChI is InChI=1S/C13H20N2O4S/c1-5-18-11(16)10(12(17)19-6-2)7-14-13-15-8(3)9(4)20-13/h10H,5-7H2,1-4H3,(H,14,15). The highest BCUT2D eigenvalue weighted by molar-refractivity contribution is 7.15. The molecule has 0 saturated carbocycles. The fraction of sp³-hybridized carbons (Fsp3) is 0.615. The Morgan fingerprint density at radius 3 is 2.15 bits per heavy atom. The van der Waals surface area contributed by atoms with Gasteiger partial charge in [-0.05, 0) is 27.7 Å². The Hall–Kier alpha value is -1.63. The number of hydrogen-bond donors (Lipinski definition) is 1. The van der Waals surface area contributed by atoms with E-state index in [1.165, 1.54) is 11.3 Å². The van der Waals surface area contributed by atoms with Gasteiger partial charge >= 0.3 is 11.9 Å². The molecule has 6 nitrogen and oxygen atoms in total. The minimum atomic E-state index is -0.973. The molecule has 0 atom stereocenters. The van der Waals surface area contributed by atoms with E-state index in [1.807, 2.05) is 13.8 Å². The van der Waals surface area contributed by atoms with E-state index in [-0.39, 0.29) is 19.8 Å². The molecule has 7 heteroatoms. The Bertz CT molecular complexity index is 435. The van der Waals surface area contributed by atoms with Gasteiger partial charge in [-0.3, -0.25) is 9.59 Å². The Morgan fingerprint density at radius 1 is 1.20 bits per heavy atom. The van der Waals surface area contributed by atoms with Crippen molar-refractivity contribution in [3.63, 3.8) is 0 Å². The number of esters is 2. The molecule has 1 rings (SSSR count). The van der Waals surface area contributed by atoms with Gasteiger partial charge in [0.1, 0.15) is 0 Å². The molecule has 0 unspecified atom stereocenters. The van der Waals surface area contributed by atoms with Crippen molar-refractivity contribution in [2.75, 3.05) is 25.1 Å². The van der Waals surface area contributed by atoms with Gasteiger partial charge in [0.05, 0.1) is 18.9 Å². The van der Waals surface area contributed by atoms with Crippen molar-refractivity contribution in [3.05, 3.63) is 10.6 Å². The molecule has 0 aliphatic carbocycles. The highest BCUT2D eigenvalue weighted by Gasteiger charge is 2.29. The van der Waals surface area contributed by atoms with Crippen LogP contribution in [0.25, 0.3) is 0 Å². The van der Waals surface area contributed by atoms with Gasteiger partial charge in [-0.25, -0.2) is 4.98 Å². The number of ether oxygens (including phenoxy) is 2. The first-order valence-electron chi connectivity index (χ1n) is 6.50. The fourth-order valence-electron chi connectivity index (χ4n) is 1.49. The molecule has 0 amide bonds. The van der Waals surface area contributed by atoms with Crippen molar-refractivity contribution in [1.29, 1.82) is 0 Å².